The topological polar surface area (TPSA) is 107 Å². The van der Waals surface area contributed by atoms with E-state index in [1.54, 1.807) is 6.33 Å². The van der Waals surface area contributed by atoms with Crippen molar-refractivity contribution in [2.45, 2.75) is 37.8 Å². The third-order valence-electron chi connectivity index (χ3n) is 6.93. The zero-order chi connectivity index (χ0) is 26.1. The van der Waals surface area contributed by atoms with Gasteiger partial charge in [-0.25, -0.2) is 9.78 Å². The van der Waals surface area contributed by atoms with E-state index in [0.717, 1.165) is 27.9 Å². The van der Waals surface area contributed by atoms with E-state index in [2.05, 4.69) is 32.6 Å². The molecule has 3 N–H and O–H groups in total. The third kappa shape index (κ3) is 4.85. The van der Waals surface area contributed by atoms with Crippen LogP contribution >= 0.6 is 22.6 Å². The van der Waals surface area contributed by atoms with E-state index in [4.69, 9.17) is 0 Å². The Hall–Kier alpha value is -3.66. The molecule has 0 saturated carbocycles. The van der Waals surface area contributed by atoms with Crippen molar-refractivity contribution in [3.05, 3.63) is 116 Å². The number of phenols is 1. The zero-order valence-corrected chi connectivity index (χ0v) is 22.3. The molecule has 0 fully saturated rings. The number of aromatic nitrogens is 2. The van der Waals surface area contributed by atoms with Crippen LogP contribution in [0.2, 0.25) is 0 Å². The molecular formula is C29H26IN3O4. The molecule has 0 aliphatic carbocycles. The minimum Gasteiger partial charge on any atom is -0.507 e. The van der Waals surface area contributed by atoms with Crippen molar-refractivity contribution >= 4 is 34.5 Å². The monoisotopic (exact) mass is 607 g/mol. The number of hydrogen-bond acceptors (Lipinski definition) is 4. The molecular weight excluding hydrogens is 581 g/mol. The number of phenolic OH excluding ortho intramolecular Hbond substituents is 1. The van der Waals surface area contributed by atoms with Gasteiger partial charge in [0.25, 0.3) is 0 Å². The first-order chi connectivity index (χ1) is 17.8. The second-order valence-electron chi connectivity index (χ2n) is 9.29. The van der Waals surface area contributed by atoms with Crippen LogP contribution in [0.4, 0.5) is 0 Å². The Bertz CT molecular complexity index is 1380. The van der Waals surface area contributed by atoms with Gasteiger partial charge in [0.15, 0.2) is 0 Å². The largest absolute Gasteiger partial charge is 0.507 e. The quantitative estimate of drug-likeness (QED) is 0.268. The molecule has 4 aromatic rings. The summed E-state index contributed by atoms with van der Waals surface area (Å²) in [4.78, 5) is 36.2. The van der Waals surface area contributed by atoms with Crippen LogP contribution < -0.4 is 0 Å². The Morgan fingerprint density at radius 1 is 1.08 bits per heavy atom. The predicted molar refractivity (Wildman–Crippen MR) is 147 cm³/mol. The lowest BCUT2D eigenvalue weighted by Gasteiger charge is -2.41. The fourth-order valence-electron chi connectivity index (χ4n) is 5.20. The third-order valence-corrected chi connectivity index (χ3v) is 7.75. The van der Waals surface area contributed by atoms with Crippen LogP contribution in [0.5, 0.6) is 5.75 Å². The lowest BCUT2D eigenvalue weighted by molar-refractivity contribution is -0.154. The minimum absolute atomic E-state index is 0.148. The number of benzene rings is 3. The first kappa shape index (κ1) is 25.0. The number of rotatable bonds is 6. The highest BCUT2D eigenvalue weighted by Gasteiger charge is 2.45. The van der Waals surface area contributed by atoms with Crippen LogP contribution in [-0.2, 0) is 22.4 Å². The molecule has 3 aromatic carbocycles. The lowest BCUT2D eigenvalue weighted by Crippen LogP contribution is -2.53. The molecule has 1 aliphatic rings. The van der Waals surface area contributed by atoms with E-state index in [0.29, 0.717) is 15.7 Å². The van der Waals surface area contributed by atoms with E-state index in [-0.39, 0.29) is 18.1 Å². The second kappa shape index (κ2) is 10.4. The molecule has 1 unspecified atom stereocenters. The van der Waals surface area contributed by atoms with Gasteiger partial charge in [0, 0.05) is 12.1 Å². The molecule has 0 bridgehead atoms. The molecule has 2 heterocycles. The molecule has 5 rings (SSSR count). The number of halogens is 1. The van der Waals surface area contributed by atoms with Gasteiger partial charge in [-0.2, -0.15) is 0 Å². The lowest BCUT2D eigenvalue weighted by atomic mass is 9.85. The van der Waals surface area contributed by atoms with Crippen LogP contribution in [0.1, 0.15) is 45.6 Å². The molecule has 0 saturated heterocycles. The van der Waals surface area contributed by atoms with Gasteiger partial charge in [0.05, 0.1) is 27.6 Å². The molecule has 7 nitrogen and oxygen atoms in total. The average Bonchev–Trinajstić information content (AvgIpc) is 3.37. The van der Waals surface area contributed by atoms with Crippen molar-refractivity contribution in [3.63, 3.8) is 0 Å². The molecule has 1 amide bonds. The van der Waals surface area contributed by atoms with E-state index >= 15 is 0 Å². The summed E-state index contributed by atoms with van der Waals surface area (Å²) >= 11 is 2.08. The molecule has 1 aliphatic heterocycles. The highest BCUT2D eigenvalue weighted by atomic mass is 127. The molecule has 0 spiro atoms. The highest BCUT2D eigenvalue weighted by molar-refractivity contribution is 14.1. The van der Waals surface area contributed by atoms with Crippen molar-refractivity contribution in [1.82, 2.24) is 14.9 Å². The summed E-state index contributed by atoms with van der Waals surface area (Å²) in [5.41, 5.74) is 4.60. The number of H-pyrrole nitrogens is 1. The summed E-state index contributed by atoms with van der Waals surface area (Å²) in [7, 11) is 0. The number of amides is 1. The standard InChI is InChI=1S/C29H26IN3O4/c1-17-12-18(13-21(30)27(17)34)14-23-26-22(31-16-32-26)15-24(29(36)37)33(23)28(35)25(19-8-4-2-5-9-19)20-10-6-3-7-11-20/h2-13,16,23-25,34H,14-15H2,1H3,(H,31,32)(H,36,37)/t23?,24-/m0/s1. The van der Waals surface area contributed by atoms with Crippen molar-refractivity contribution in [1.29, 1.82) is 0 Å². The fraction of sp³-hybridized carbons (Fsp3) is 0.207. The van der Waals surface area contributed by atoms with Gasteiger partial charge >= 0.3 is 5.97 Å². The molecule has 0 radical (unpaired) electrons. The Morgan fingerprint density at radius 2 is 1.70 bits per heavy atom. The summed E-state index contributed by atoms with van der Waals surface area (Å²) in [6.45, 7) is 1.83. The number of nitrogens with one attached hydrogen (secondary N) is 1. The number of aryl methyl sites for hydroxylation is 1. The number of aliphatic carboxylic acids is 1. The van der Waals surface area contributed by atoms with E-state index in [1.807, 2.05) is 79.7 Å². The van der Waals surface area contributed by atoms with Gasteiger partial charge in [0.1, 0.15) is 11.8 Å². The summed E-state index contributed by atoms with van der Waals surface area (Å²) in [5, 5.41) is 20.6. The highest BCUT2D eigenvalue weighted by Crippen LogP contribution is 2.39. The molecule has 37 heavy (non-hydrogen) atoms. The average molecular weight is 607 g/mol. The number of nitrogens with zero attached hydrogens (tertiary/aromatic N) is 2. The van der Waals surface area contributed by atoms with Gasteiger partial charge in [-0.05, 0) is 64.3 Å². The van der Waals surface area contributed by atoms with Gasteiger partial charge in [-0.1, -0.05) is 66.7 Å². The normalized spacial score (nSPS) is 17.0. The van der Waals surface area contributed by atoms with E-state index < -0.39 is 24.0 Å². The van der Waals surface area contributed by atoms with Crippen molar-refractivity contribution in [2.75, 3.05) is 0 Å². The van der Waals surface area contributed by atoms with Crippen molar-refractivity contribution in [2.24, 2.45) is 0 Å². The number of carboxylic acids is 1. The Labute approximate surface area is 228 Å². The minimum atomic E-state index is -1.06. The van der Waals surface area contributed by atoms with Crippen LogP contribution in [0.25, 0.3) is 0 Å². The van der Waals surface area contributed by atoms with Crippen LogP contribution in [0.3, 0.4) is 0 Å². The van der Waals surface area contributed by atoms with Crippen molar-refractivity contribution < 1.29 is 19.8 Å². The van der Waals surface area contributed by atoms with Gasteiger partial charge < -0.3 is 20.1 Å². The van der Waals surface area contributed by atoms with E-state index in [1.165, 1.54) is 4.90 Å². The predicted octanol–water partition coefficient (Wildman–Crippen LogP) is 4.98. The van der Waals surface area contributed by atoms with Crippen LogP contribution in [0, 0.1) is 10.5 Å². The van der Waals surface area contributed by atoms with Crippen LogP contribution in [-0.4, -0.2) is 43.0 Å². The number of aromatic amines is 1. The Balaban J connectivity index is 1.64. The number of fused-ring (bicyclic) bond motifs is 1. The van der Waals surface area contributed by atoms with Crippen LogP contribution in [0.15, 0.2) is 79.1 Å². The van der Waals surface area contributed by atoms with Crippen molar-refractivity contribution in [3.8, 4) is 5.75 Å². The summed E-state index contributed by atoms with van der Waals surface area (Å²) < 4.78 is 0.699. The summed E-state index contributed by atoms with van der Waals surface area (Å²) in [5.74, 6) is -1.80. The molecule has 1 aromatic heterocycles. The smallest absolute Gasteiger partial charge is 0.326 e. The number of carboxylic acid groups (broad SMARTS) is 1. The number of imidazole rings is 1. The maximum Gasteiger partial charge on any atom is 0.326 e. The summed E-state index contributed by atoms with van der Waals surface area (Å²) in [6, 6.07) is 21.0. The fourth-order valence-corrected chi connectivity index (χ4v) is 6.02. The molecule has 2 atom stereocenters. The second-order valence-corrected chi connectivity index (χ2v) is 10.4. The zero-order valence-electron chi connectivity index (χ0n) is 20.1. The van der Waals surface area contributed by atoms with Gasteiger partial charge in [-0.15, -0.1) is 0 Å². The number of carbonyl (C=O) groups excluding carboxylic acids is 1. The number of aromatic hydroxyl groups is 1. The maximum atomic E-state index is 14.5. The van der Waals surface area contributed by atoms with E-state index in [9.17, 15) is 19.8 Å². The van der Waals surface area contributed by atoms with Gasteiger partial charge in [-0.3, -0.25) is 4.79 Å². The SMILES string of the molecule is Cc1cc(CC2c3nc[nH]c3C[C@@H](C(=O)O)N2C(=O)C(c2ccccc2)c2ccccc2)cc(I)c1O. The maximum absolute atomic E-state index is 14.5. The molecule has 8 heteroatoms. The first-order valence-corrected chi connectivity index (χ1v) is 13.1. The number of carbonyl (C=O) groups is 2. The Morgan fingerprint density at radius 3 is 2.27 bits per heavy atom. The summed E-state index contributed by atoms with van der Waals surface area (Å²) in [6.07, 6.45) is 2.07. The van der Waals surface area contributed by atoms with Gasteiger partial charge in [0.2, 0.25) is 5.91 Å². The number of hydrogen-bond donors (Lipinski definition) is 3. The first-order valence-electron chi connectivity index (χ1n) is 12.0. The molecule has 188 valence electrons. The Kier molecular flexibility index (Phi) is 7.01.